The summed E-state index contributed by atoms with van der Waals surface area (Å²) in [5, 5.41) is 0. The van der Waals surface area contributed by atoms with E-state index in [1.165, 1.54) is 0 Å². The summed E-state index contributed by atoms with van der Waals surface area (Å²) in [4.78, 5) is 0. The van der Waals surface area contributed by atoms with Gasteiger partial charge in [-0.15, -0.1) is 0 Å². The van der Waals surface area contributed by atoms with Crippen LogP contribution in [0.1, 0.15) is 0 Å². The van der Waals surface area contributed by atoms with E-state index in [0.717, 1.165) is 0 Å². The Morgan fingerprint density at radius 1 is 0.769 bits per heavy atom. The van der Waals surface area contributed by atoms with Crippen LogP contribution in [0.3, 0.4) is 0 Å². The van der Waals surface area contributed by atoms with Gasteiger partial charge >= 0.3 is 50.4 Å². The van der Waals surface area contributed by atoms with Crippen molar-refractivity contribution in [3.8, 4) is 0 Å². The van der Waals surface area contributed by atoms with Gasteiger partial charge in [-0.3, -0.25) is 9.11 Å². The average molecular weight is 254 g/mol. The molecule has 0 aliphatic carbocycles. The molecule has 0 aliphatic heterocycles. The van der Waals surface area contributed by atoms with Crippen molar-refractivity contribution in [2.24, 2.45) is 0 Å². The molecule has 0 bridgehead atoms. The molecule has 0 rings (SSSR count). The molecular weight excluding hydrogens is 247 g/mol. The predicted octanol–water partition coefficient (Wildman–Crippen LogP) is -3.76. The fourth-order valence-corrected chi connectivity index (χ4v) is 0.632. The van der Waals surface area contributed by atoms with Crippen LogP contribution < -0.4 is 0 Å². The summed E-state index contributed by atoms with van der Waals surface area (Å²) in [5.41, 5.74) is 0. The molecule has 0 spiro atoms. The Balaban J connectivity index is -0.000000135. The zero-order valence-corrected chi connectivity index (χ0v) is 6.79. The topological polar surface area (TPSA) is 190 Å². The van der Waals surface area contributed by atoms with E-state index in [1.807, 2.05) is 0 Å². The zero-order valence-electron chi connectivity index (χ0n) is 5.16. The van der Waals surface area contributed by atoms with E-state index in [0.29, 0.717) is 0 Å². The number of hydrogen-bond donors (Lipinski definition) is 2. The van der Waals surface area contributed by atoms with Crippen molar-refractivity contribution in [1.82, 2.24) is 0 Å². The molecule has 0 aromatic heterocycles. The molecule has 0 amide bonds. The fraction of sp³-hybridized carbons (Fsp3) is 0. The van der Waals surface area contributed by atoms with Crippen molar-refractivity contribution >= 4 is 50.4 Å². The zero-order chi connectivity index (χ0) is 8.41. The van der Waals surface area contributed by atoms with Gasteiger partial charge in [-0.2, -0.15) is 16.8 Å². The van der Waals surface area contributed by atoms with Gasteiger partial charge in [-0.05, 0) is 0 Å². The first-order valence-electron chi connectivity index (χ1n) is 1.53. The van der Waals surface area contributed by atoms with Crippen molar-refractivity contribution in [1.29, 1.82) is 0 Å². The molecule has 0 aromatic carbocycles. The Labute approximate surface area is 95.6 Å². The number of hydrogen-bond acceptors (Lipinski definition) is 6. The average Bonchev–Trinajstić information content (AvgIpc) is 1.57. The van der Waals surface area contributed by atoms with Crippen molar-refractivity contribution in [2.75, 3.05) is 0 Å². The van der Waals surface area contributed by atoms with Crippen molar-refractivity contribution in [3.63, 3.8) is 0 Å². The standard InChI is InChI=1S/Na.H2O8S2.2H2O.H/c;1-9(2,3)7-8-10(4,5)6;;;/h;(H,1,2,3)(H,4,5,6);2*1H2;. The van der Waals surface area contributed by atoms with Crippen LogP contribution in [0, 0.1) is 0 Å². The van der Waals surface area contributed by atoms with Crippen molar-refractivity contribution < 1.29 is 45.6 Å². The summed E-state index contributed by atoms with van der Waals surface area (Å²) in [6.07, 6.45) is 0. The third-order valence-electron chi connectivity index (χ3n) is 0.200. The molecule has 13 heavy (non-hydrogen) atoms. The van der Waals surface area contributed by atoms with Crippen LogP contribution in [0.25, 0.3) is 0 Å². The normalized spacial score (nSPS) is 10.3. The minimum atomic E-state index is -5.02. The van der Waals surface area contributed by atoms with Crippen LogP contribution in [-0.2, 0) is 29.5 Å². The Morgan fingerprint density at radius 3 is 1.00 bits per heavy atom. The Morgan fingerprint density at radius 2 is 0.923 bits per heavy atom. The first kappa shape index (κ1) is 23.5. The van der Waals surface area contributed by atoms with Crippen LogP contribution in [0.2, 0.25) is 0 Å². The van der Waals surface area contributed by atoms with E-state index in [4.69, 9.17) is 9.11 Å². The van der Waals surface area contributed by atoms with Crippen molar-refractivity contribution in [2.45, 2.75) is 0 Å². The van der Waals surface area contributed by atoms with E-state index in [-0.39, 0.29) is 40.5 Å². The molecule has 0 fully saturated rings. The van der Waals surface area contributed by atoms with Gasteiger partial charge in [0.1, 0.15) is 0 Å². The molecule has 0 aliphatic rings. The van der Waals surface area contributed by atoms with Gasteiger partial charge in [0.25, 0.3) is 0 Å². The molecule has 13 heteroatoms. The first-order valence-corrected chi connectivity index (χ1v) is 4.26. The van der Waals surface area contributed by atoms with Gasteiger partial charge < -0.3 is 11.0 Å². The third kappa shape index (κ3) is 24.5. The molecule has 80 valence electrons. The molecule has 0 saturated heterocycles. The van der Waals surface area contributed by atoms with Gasteiger partial charge in [0.2, 0.25) is 0 Å². The molecule has 0 heterocycles. The first-order chi connectivity index (χ1) is 4.21. The maximum absolute atomic E-state index is 9.51. The van der Waals surface area contributed by atoms with Crippen LogP contribution in [0.4, 0.5) is 0 Å². The summed E-state index contributed by atoms with van der Waals surface area (Å²) < 4.78 is 58.9. The van der Waals surface area contributed by atoms with E-state index >= 15 is 0 Å². The Hall–Kier alpha value is 0.660. The van der Waals surface area contributed by atoms with E-state index in [1.54, 1.807) is 0 Å². The monoisotopic (exact) mass is 254 g/mol. The van der Waals surface area contributed by atoms with Crippen LogP contribution in [0.15, 0.2) is 0 Å². The van der Waals surface area contributed by atoms with Gasteiger partial charge in [0, 0.05) is 0 Å². The van der Waals surface area contributed by atoms with Crippen LogP contribution >= 0.6 is 0 Å². The summed E-state index contributed by atoms with van der Waals surface area (Å²) in [5.74, 6) is 0. The summed E-state index contributed by atoms with van der Waals surface area (Å²) in [6, 6.07) is 0. The molecule has 0 unspecified atom stereocenters. The summed E-state index contributed by atoms with van der Waals surface area (Å²) >= 11 is 0. The van der Waals surface area contributed by atoms with Gasteiger partial charge in [-0.1, -0.05) is 8.67 Å². The quantitative estimate of drug-likeness (QED) is 0.222. The van der Waals surface area contributed by atoms with Gasteiger partial charge in [0.05, 0.1) is 0 Å². The fourth-order valence-electron chi connectivity index (χ4n) is 0.0702. The van der Waals surface area contributed by atoms with E-state index in [2.05, 4.69) is 8.67 Å². The van der Waals surface area contributed by atoms with E-state index in [9.17, 15) is 16.8 Å². The van der Waals surface area contributed by atoms with E-state index < -0.39 is 20.8 Å². The van der Waals surface area contributed by atoms with Crippen LogP contribution in [0.5, 0.6) is 0 Å². The van der Waals surface area contributed by atoms with Gasteiger partial charge in [-0.25, -0.2) is 0 Å². The molecule has 10 nitrogen and oxygen atoms in total. The maximum atomic E-state index is 9.51. The molecule has 0 aromatic rings. The van der Waals surface area contributed by atoms with Gasteiger partial charge in [0.15, 0.2) is 0 Å². The molecule has 6 N–H and O–H groups in total. The molecule has 0 saturated carbocycles. The molecular formula is H7NaO10S2. The second-order valence-electron chi connectivity index (χ2n) is 0.992. The number of rotatable bonds is 3. The summed E-state index contributed by atoms with van der Waals surface area (Å²) in [6.45, 7) is 0. The second kappa shape index (κ2) is 8.01. The third-order valence-corrected chi connectivity index (χ3v) is 0.766. The van der Waals surface area contributed by atoms with Crippen LogP contribution in [-0.4, -0.2) is 66.5 Å². The summed E-state index contributed by atoms with van der Waals surface area (Å²) in [7, 11) is -10.0. The Kier molecular flexibility index (Phi) is 14.5. The van der Waals surface area contributed by atoms with Crippen molar-refractivity contribution in [3.05, 3.63) is 0 Å². The Bertz CT molecular complexity index is 249. The second-order valence-corrected chi connectivity index (χ2v) is 2.97. The minimum absolute atomic E-state index is 0. The predicted molar refractivity (Wildman–Crippen MR) is 39.6 cm³/mol. The molecule has 0 atom stereocenters. The molecule has 0 radical (unpaired) electrons. The SMILES string of the molecule is O.O.O=S(=O)(O)OOS(=O)(=O)O.[NaH].